The third-order valence-corrected chi connectivity index (χ3v) is 6.40. The average molecular weight is 469 g/mol. The molecule has 1 N–H and O–H groups in total. The number of aromatic nitrogens is 2. The number of benzene rings is 2. The van der Waals surface area contributed by atoms with E-state index in [-0.39, 0.29) is 47.8 Å². The quantitative estimate of drug-likeness (QED) is 0.546. The van der Waals surface area contributed by atoms with Crippen molar-refractivity contribution in [2.75, 3.05) is 13.2 Å². The number of aliphatic hydroxyl groups is 1. The molecule has 1 aliphatic carbocycles. The van der Waals surface area contributed by atoms with Gasteiger partial charge in [0.1, 0.15) is 5.75 Å². The summed E-state index contributed by atoms with van der Waals surface area (Å²) in [6.07, 6.45) is -1.80. The molecule has 1 aliphatic heterocycles. The molecule has 1 fully saturated rings. The normalized spacial score (nSPS) is 19.3. The van der Waals surface area contributed by atoms with Gasteiger partial charge in [0.2, 0.25) is 11.7 Å². The SMILES string of the molecule is CC(C)Oc1ccc(-c2nc(-c3cccc4c3CC3CC(=O)N(CCO)C43)no2)cc1C(F)F. The second-order valence-corrected chi connectivity index (χ2v) is 8.94. The number of fused-ring (bicyclic) bond motifs is 3. The highest BCUT2D eigenvalue weighted by Crippen LogP contribution is 2.49. The summed E-state index contributed by atoms with van der Waals surface area (Å²) in [6.45, 7) is 3.77. The highest BCUT2D eigenvalue weighted by atomic mass is 19.3. The summed E-state index contributed by atoms with van der Waals surface area (Å²) in [5.41, 5.74) is 3.03. The van der Waals surface area contributed by atoms with Gasteiger partial charge < -0.3 is 19.3 Å². The monoisotopic (exact) mass is 469 g/mol. The van der Waals surface area contributed by atoms with Crippen LogP contribution in [0.3, 0.4) is 0 Å². The first-order valence-corrected chi connectivity index (χ1v) is 11.3. The molecule has 2 atom stereocenters. The van der Waals surface area contributed by atoms with Crippen LogP contribution >= 0.6 is 0 Å². The van der Waals surface area contributed by atoms with Crippen LogP contribution in [0.25, 0.3) is 22.8 Å². The van der Waals surface area contributed by atoms with E-state index in [1.165, 1.54) is 12.1 Å². The number of nitrogens with zero attached hydrogens (tertiary/aromatic N) is 3. The van der Waals surface area contributed by atoms with Crippen molar-refractivity contribution < 1.29 is 27.9 Å². The molecule has 2 aliphatic rings. The van der Waals surface area contributed by atoms with Gasteiger partial charge in [0.15, 0.2) is 0 Å². The van der Waals surface area contributed by atoms with Crippen LogP contribution in [0.15, 0.2) is 40.9 Å². The van der Waals surface area contributed by atoms with Gasteiger partial charge in [-0.05, 0) is 55.5 Å². The van der Waals surface area contributed by atoms with Crippen LogP contribution in [0.1, 0.15) is 49.4 Å². The molecule has 2 unspecified atom stereocenters. The molecule has 34 heavy (non-hydrogen) atoms. The number of hydrogen-bond acceptors (Lipinski definition) is 6. The van der Waals surface area contributed by atoms with Crippen LogP contribution in [0.4, 0.5) is 8.78 Å². The Bertz CT molecular complexity index is 1230. The number of likely N-dealkylation sites (tertiary alicyclic amines) is 1. The number of β-amino-alcohol motifs (C(OH)–C–C–N with tert-alkyl or cyclic N) is 1. The standard InChI is InChI=1S/C25H25F2N3O4/c1-13(2)33-20-7-6-14(10-19(20)23(26)27)25-28-24(29-34-25)17-5-3-4-16-18(17)11-15-12-21(32)30(8-9-31)22(15)16/h3-7,10,13,15,22-23,31H,8-9,11-12H2,1-2H3. The zero-order valence-electron chi connectivity index (χ0n) is 18.9. The molecular formula is C25H25F2N3O4. The molecule has 178 valence electrons. The smallest absolute Gasteiger partial charge is 0.267 e. The second kappa shape index (κ2) is 8.79. The molecule has 3 aromatic rings. The summed E-state index contributed by atoms with van der Waals surface area (Å²) < 4.78 is 38.2. The number of aliphatic hydroxyl groups excluding tert-OH is 1. The number of hydrogen-bond donors (Lipinski definition) is 1. The topological polar surface area (TPSA) is 88.7 Å². The third kappa shape index (κ3) is 3.83. The Hall–Kier alpha value is -3.33. The van der Waals surface area contributed by atoms with E-state index in [0.29, 0.717) is 30.8 Å². The van der Waals surface area contributed by atoms with E-state index in [1.807, 2.05) is 18.2 Å². The number of amides is 1. The Morgan fingerprint density at radius 3 is 2.79 bits per heavy atom. The molecule has 0 spiro atoms. The number of ether oxygens (including phenoxy) is 1. The van der Waals surface area contributed by atoms with Gasteiger partial charge >= 0.3 is 0 Å². The van der Waals surface area contributed by atoms with Crippen molar-refractivity contribution in [3.63, 3.8) is 0 Å². The van der Waals surface area contributed by atoms with E-state index < -0.39 is 6.43 Å². The molecule has 5 rings (SSSR count). The second-order valence-electron chi connectivity index (χ2n) is 8.94. The van der Waals surface area contributed by atoms with Crippen LogP contribution < -0.4 is 4.74 Å². The summed E-state index contributed by atoms with van der Waals surface area (Å²) in [6, 6.07) is 10.2. The van der Waals surface area contributed by atoms with Crippen molar-refractivity contribution >= 4 is 5.91 Å². The van der Waals surface area contributed by atoms with Gasteiger partial charge in [-0.3, -0.25) is 4.79 Å². The Balaban J connectivity index is 1.48. The first-order valence-electron chi connectivity index (χ1n) is 11.3. The molecule has 0 radical (unpaired) electrons. The lowest BCUT2D eigenvalue weighted by Gasteiger charge is -2.24. The highest BCUT2D eigenvalue weighted by Gasteiger charge is 2.46. The van der Waals surface area contributed by atoms with Crippen LogP contribution in [-0.4, -0.2) is 45.3 Å². The van der Waals surface area contributed by atoms with Crippen LogP contribution in [0.5, 0.6) is 5.75 Å². The molecule has 0 saturated carbocycles. The van der Waals surface area contributed by atoms with Gasteiger partial charge in [0.25, 0.3) is 12.3 Å². The Morgan fingerprint density at radius 1 is 1.24 bits per heavy atom. The largest absolute Gasteiger partial charge is 0.491 e. The zero-order valence-corrected chi connectivity index (χ0v) is 18.9. The minimum Gasteiger partial charge on any atom is -0.491 e. The summed E-state index contributed by atoms with van der Waals surface area (Å²) in [4.78, 5) is 18.6. The maximum absolute atomic E-state index is 13.6. The van der Waals surface area contributed by atoms with E-state index in [0.717, 1.165) is 16.7 Å². The molecule has 1 saturated heterocycles. The van der Waals surface area contributed by atoms with Crippen molar-refractivity contribution in [1.29, 1.82) is 0 Å². The third-order valence-electron chi connectivity index (χ3n) is 6.40. The average Bonchev–Trinajstić information content (AvgIpc) is 3.49. The molecular weight excluding hydrogens is 444 g/mol. The number of carbonyl (C=O) groups excluding carboxylic acids is 1. The van der Waals surface area contributed by atoms with Crippen molar-refractivity contribution in [2.24, 2.45) is 5.92 Å². The Morgan fingerprint density at radius 2 is 2.06 bits per heavy atom. The predicted molar refractivity (Wildman–Crippen MR) is 119 cm³/mol. The van der Waals surface area contributed by atoms with Gasteiger partial charge in [0, 0.05) is 24.1 Å². The fraction of sp³-hybridized carbons (Fsp3) is 0.400. The van der Waals surface area contributed by atoms with Gasteiger partial charge in [-0.1, -0.05) is 23.4 Å². The molecule has 2 heterocycles. The molecule has 7 nitrogen and oxygen atoms in total. The summed E-state index contributed by atoms with van der Waals surface area (Å²) >= 11 is 0. The van der Waals surface area contributed by atoms with E-state index >= 15 is 0 Å². The van der Waals surface area contributed by atoms with Gasteiger partial charge in [-0.2, -0.15) is 4.98 Å². The fourth-order valence-corrected chi connectivity index (χ4v) is 5.08. The lowest BCUT2D eigenvalue weighted by Crippen LogP contribution is -2.30. The molecule has 0 bridgehead atoms. The number of rotatable bonds is 7. The van der Waals surface area contributed by atoms with Crippen LogP contribution in [0, 0.1) is 5.92 Å². The minimum absolute atomic E-state index is 0.0571. The fourth-order valence-electron chi connectivity index (χ4n) is 5.08. The lowest BCUT2D eigenvalue weighted by atomic mass is 10.0. The van der Waals surface area contributed by atoms with E-state index in [9.17, 15) is 18.7 Å². The number of carbonyl (C=O) groups is 1. The predicted octanol–water partition coefficient (Wildman–Crippen LogP) is 4.57. The first kappa shape index (κ1) is 22.5. The summed E-state index contributed by atoms with van der Waals surface area (Å²) in [7, 11) is 0. The minimum atomic E-state index is -2.71. The van der Waals surface area contributed by atoms with Crippen molar-refractivity contribution in [1.82, 2.24) is 15.0 Å². The highest BCUT2D eigenvalue weighted by molar-refractivity contribution is 5.81. The molecule has 1 aromatic heterocycles. The number of halogens is 2. The maximum atomic E-state index is 13.6. The van der Waals surface area contributed by atoms with Crippen LogP contribution in [0.2, 0.25) is 0 Å². The molecule has 9 heteroatoms. The van der Waals surface area contributed by atoms with Gasteiger partial charge in [0.05, 0.1) is 24.3 Å². The number of alkyl halides is 2. The van der Waals surface area contributed by atoms with Gasteiger partial charge in [-0.15, -0.1) is 0 Å². The van der Waals surface area contributed by atoms with Crippen LogP contribution in [-0.2, 0) is 11.2 Å². The van der Waals surface area contributed by atoms with E-state index in [1.54, 1.807) is 24.8 Å². The van der Waals surface area contributed by atoms with Crippen molar-refractivity contribution in [3.05, 3.63) is 53.1 Å². The zero-order chi connectivity index (χ0) is 24.0. The molecule has 2 aromatic carbocycles. The van der Waals surface area contributed by atoms with E-state index in [2.05, 4.69) is 10.1 Å². The van der Waals surface area contributed by atoms with Crippen molar-refractivity contribution in [2.45, 2.75) is 45.3 Å². The van der Waals surface area contributed by atoms with E-state index in [4.69, 9.17) is 9.26 Å². The molecule has 1 amide bonds. The van der Waals surface area contributed by atoms with Gasteiger partial charge in [-0.25, -0.2) is 8.78 Å². The maximum Gasteiger partial charge on any atom is 0.267 e. The Kier molecular flexibility index (Phi) is 5.81. The summed E-state index contributed by atoms with van der Waals surface area (Å²) in [5.74, 6) is 0.835. The Labute approximate surface area is 195 Å². The first-order chi connectivity index (χ1) is 16.4. The van der Waals surface area contributed by atoms with Crippen molar-refractivity contribution in [3.8, 4) is 28.6 Å². The summed E-state index contributed by atoms with van der Waals surface area (Å²) in [5, 5.41) is 13.5. The lowest BCUT2D eigenvalue weighted by molar-refractivity contribution is -0.129.